The van der Waals surface area contributed by atoms with Gasteiger partial charge in [-0.05, 0) is 31.2 Å². The van der Waals surface area contributed by atoms with Crippen molar-refractivity contribution in [3.05, 3.63) is 23.3 Å². The Morgan fingerprint density at radius 2 is 1.93 bits per heavy atom. The number of hydrogen-bond donors (Lipinski definition) is 0. The van der Waals surface area contributed by atoms with Crippen LogP contribution in [0.3, 0.4) is 0 Å². The van der Waals surface area contributed by atoms with E-state index in [1.54, 1.807) is 0 Å². The number of rotatable bonds is 1. The van der Waals surface area contributed by atoms with E-state index in [4.69, 9.17) is 0 Å². The topological polar surface area (TPSA) is 25.8 Å². The van der Waals surface area contributed by atoms with Crippen LogP contribution >= 0.6 is 0 Å². The molecule has 0 aromatic carbocycles. The minimum absolute atomic E-state index is 0.952. The lowest BCUT2D eigenvalue weighted by atomic mass is 9.98. The largest absolute Gasteiger partial charge is 0.241 e. The maximum atomic E-state index is 4.62. The Morgan fingerprint density at radius 1 is 1.14 bits per heavy atom. The Bertz CT molecular complexity index is 307. The first kappa shape index (κ1) is 9.63. The summed E-state index contributed by atoms with van der Waals surface area (Å²) in [4.78, 5) is 8.99. The van der Waals surface area contributed by atoms with E-state index in [1.165, 1.54) is 43.4 Å². The molecule has 1 aliphatic rings. The summed E-state index contributed by atoms with van der Waals surface area (Å²) in [5.41, 5.74) is 2.71. The summed E-state index contributed by atoms with van der Waals surface area (Å²) in [5.74, 6) is 1.00. The minimum Gasteiger partial charge on any atom is -0.241 e. The van der Waals surface area contributed by atoms with Crippen LogP contribution in [-0.2, 0) is 19.3 Å². The Kier molecular flexibility index (Phi) is 3.12. The molecule has 76 valence electrons. The highest BCUT2D eigenvalue weighted by Gasteiger charge is 2.09. The summed E-state index contributed by atoms with van der Waals surface area (Å²) in [6.07, 6.45) is 10.7. The molecule has 0 saturated carbocycles. The second-order valence-corrected chi connectivity index (χ2v) is 4.03. The highest BCUT2D eigenvalue weighted by molar-refractivity contribution is 5.18. The molecular weight excluding hydrogens is 172 g/mol. The molecule has 0 fully saturated rings. The molecule has 0 N–H and O–H groups in total. The van der Waals surface area contributed by atoms with Crippen LogP contribution < -0.4 is 0 Å². The zero-order valence-electron chi connectivity index (χ0n) is 8.92. The molecule has 0 radical (unpaired) electrons. The zero-order chi connectivity index (χ0) is 9.80. The normalized spacial score (nSPS) is 16.9. The van der Waals surface area contributed by atoms with Gasteiger partial charge >= 0.3 is 0 Å². The van der Waals surface area contributed by atoms with Crippen molar-refractivity contribution >= 4 is 0 Å². The molecule has 0 atom stereocenters. The number of aromatic nitrogens is 2. The second-order valence-electron chi connectivity index (χ2n) is 4.03. The van der Waals surface area contributed by atoms with Crippen LogP contribution in [0, 0.1) is 0 Å². The van der Waals surface area contributed by atoms with Crippen molar-refractivity contribution < 1.29 is 0 Å². The van der Waals surface area contributed by atoms with Crippen molar-refractivity contribution in [2.45, 2.75) is 51.9 Å². The monoisotopic (exact) mass is 190 g/mol. The molecule has 0 amide bonds. The Morgan fingerprint density at radius 3 is 2.71 bits per heavy atom. The fourth-order valence-electron chi connectivity index (χ4n) is 2.04. The summed E-state index contributed by atoms with van der Waals surface area (Å²) >= 11 is 0. The molecule has 0 saturated heterocycles. The van der Waals surface area contributed by atoms with E-state index in [2.05, 4.69) is 16.9 Å². The smallest absolute Gasteiger partial charge is 0.128 e. The highest BCUT2D eigenvalue weighted by atomic mass is 14.9. The third-order valence-corrected chi connectivity index (χ3v) is 2.93. The third kappa shape index (κ3) is 2.11. The molecule has 0 spiro atoms. The molecule has 1 aromatic rings. The Labute approximate surface area is 85.8 Å². The van der Waals surface area contributed by atoms with E-state index < -0.39 is 0 Å². The van der Waals surface area contributed by atoms with Crippen molar-refractivity contribution in [3.63, 3.8) is 0 Å². The molecule has 1 aliphatic carbocycles. The van der Waals surface area contributed by atoms with Crippen molar-refractivity contribution in [3.8, 4) is 0 Å². The molecule has 14 heavy (non-hydrogen) atoms. The minimum atomic E-state index is 0.952. The van der Waals surface area contributed by atoms with Gasteiger partial charge in [-0.15, -0.1) is 0 Å². The van der Waals surface area contributed by atoms with Gasteiger partial charge in [0.15, 0.2) is 0 Å². The molecular formula is C12H18N2. The van der Waals surface area contributed by atoms with Crippen LogP contribution in [0.5, 0.6) is 0 Å². The van der Waals surface area contributed by atoms with Gasteiger partial charge in [-0.25, -0.2) is 9.97 Å². The first-order valence-corrected chi connectivity index (χ1v) is 5.74. The van der Waals surface area contributed by atoms with E-state index in [9.17, 15) is 0 Å². The average Bonchev–Trinajstić information content (AvgIpc) is 2.18. The first-order chi connectivity index (χ1) is 6.90. The summed E-state index contributed by atoms with van der Waals surface area (Å²) in [6.45, 7) is 2.12. The van der Waals surface area contributed by atoms with Gasteiger partial charge in [-0.3, -0.25) is 0 Å². The summed E-state index contributed by atoms with van der Waals surface area (Å²) in [5, 5.41) is 0. The van der Waals surface area contributed by atoms with Gasteiger partial charge in [-0.2, -0.15) is 0 Å². The fourth-order valence-corrected chi connectivity index (χ4v) is 2.04. The number of aryl methyl sites for hydroxylation is 3. The van der Waals surface area contributed by atoms with Gasteiger partial charge in [0, 0.05) is 18.3 Å². The molecule has 0 bridgehead atoms. The highest BCUT2D eigenvalue weighted by Crippen LogP contribution is 2.17. The van der Waals surface area contributed by atoms with Gasteiger partial charge < -0.3 is 0 Å². The fraction of sp³-hybridized carbons (Fsp3) is 0.667. The SMILES string of the molecule is CCc1ncc2c(n1)CCCCCC2. The maximum absolute atomic E-state index is 4.62. The van der Waals surface area contributed by atoms with Crippen molar-refractivity contribution in [2.75, 3.05) is 0 Å². The van der Waals surface area contributed by atoms with Gasteiger partial charge in [0.25, 0.3) is 0 Å². The van der Waals surface area contributed by atoms with Crippen LogP contribution in [0.15, 0.2) is 6.20 Å². The Balaban J connectivity index is 2.26. The summed E-state index contributed by atoms with van der Waals surface area (Å²) in [6, 6.07) is 0. The third-order valence-electron chi connectivity index (χ3n) is 2.93. The van der Waals surface area contributed by atoms with E-state index >= 15 is 0 Å². The van der Waals surface area contributed by atoms with Gasteiger partial charge in [0.2, 0.25) is 0 Å². The standard InChI is InChI=1S/C12H18N2/c1-2-12-13-9-10-7-5-3-4-6-8-11(10)14-12/h9H,2-8H2,1H3. The van der Waals surface area contributed by atoms with Crippen LogP contribution in [0.25, 0.3) is 0 Å². The molecule has 1 heterocycles. The number of fused-ring (bicyclic) bond motifs is 1. The van der Waals surface area contributed by atoms with Crippen LogP contribution in [0.2, 0.25) is 0 Å². The summed E-state index contributed by atoms with van der Waals surface area (Å²) < 4.78 is 0. The number of hydrogen-bond acceptors (Lipinski definition) is 2. The van der Waals surface area contributed by atoms with E-state index in [1.807, 2.05) is 6.20 Å². The van der Waals surface area contributed by atoms with E-state index in [0.29, 0.717) is 0 Å². The number of nitrogens with zero attached hydrogens (tertiary/aromatic N) is 2. The van der Waals surface area contributed by atoms with Crippen molar-refractivity contribution in [1.82, 2.24) is 9.97 Å². The lowest BCUT2D eigenvalue weighted by Crippen LogP contribution is -2.06. The Hall–Kier alpha value is -0.920. The molecule has 2 rings (SSSR count). The van der Waals surface area contributed by atoms with Crippen molar-refractivity contribution in [2.24, 2.45) is 0 Å². The van der Waals surface area contributed by atoms with E-state index in [-0.39, 0.29) is 0 Å². The predicted octanol–water partition coefficient (Wildman–Crippen LogP) is 2.70. The van der Waals surface area contributed by atoms with Crippen LogP contribution in [0.1, 0.15) is 49.7 Å². The quantitative estimate of drug-likeness (QED) is 0.680. The lowest BCUT2D eigenvalue weighted by Gasteiger charge is -2.12. The predicted molar refractivity (Wildman–Crippen MR) is 57.3 cm³/mol. The van der Waals surface area contributed by atoms with Crippen molar-refractivity contribution in [1.29, 1.82) is 0 Å². The van der Waals surface area contributed by atoms with Crippen LogP contribution in [0.4, 0.5) is 0 Å². The first-order valence-electron chi connectivity index (χ1n) is 5.74. The second kappa shape index (κ2) is 4.54. The maximum Gasteiger partial charge on any atom is 0.128 e. The molecule has 0 aliphatic heterocycles. The van der Waals surface area contributed by atoms with E-state index in [0.717, 1.165) is 18.7 Å². The molecule has 1 aromatic heterocycles. The summed E-state index contributed by atoms with van der Waals surface area (Å²) in [7, 11) is 0. The average molecular weight is 190 g/mol. The molecule has 0 unspecified atom stereocenters. The zero-order valence-corrected chi connectivity index (χ0v) is 8.92. The molecule has 2 nitrogen and oxygen atoms in total. The lowest BCUT2D eigenvalue weighted by molar-refractivity contribution is 0.603. The van der Waals surface area contributed by atoms with Gasteiger partial charge in [0.05, 0.1) is 0 Å². The molecule has 2 heteroatoms. The van der Waals surface area contributed by atoms with Crippen LogP contribution in [-0.4, -0.2) is 9.97 Å². The van der Waals surface area contributed by atoms with Gasteiger partial charge in [0.1, 0.15) is 5.82 Å². The van der Waals surface area contributed by atoms with Gasteiger partial charge in [-0.1, -0.05) is 19.8 Å².